The number of carbonyl (C=O) groups is 1. The van der Waals surface area contributed by atoms with E-state index in [2.05, 4.69) is 34.1 Å². The van der Waals surface area contributed by atoms with Gasteiger partial charge in [0.1, 0.15) is 5.41 Å². The van der Waals surface area contributed by atoms with Crippen molar-refractivity contribution in [2.45, 2.75) is 37.1 Å². The van der Waals surface area contributed by atoms with Gasteiger partial charge >= 0.3 is 5.97 Å². The molecule has 5 nitrogen and oxygen atoms in total. The predicted molar refractivity (Wildman–Crippen MR) is 104 cm³/mol. The summed E-state index contributed by atoms with van der Waals surface area (Å²) in [7, 11) is 3.31. The van der Waals surface area contributed by atoms with Crippen LogP contribution >= 0.6 is 0 Å². The van der Waals surface area contributed by atoms with Crippen LogP contribution in [0.2, 0.25) is 0 Å². The number of rotatable bonds is 4. The van der Waals surface area contributed by atoms with E-state index in [-0.39, 0.29) is 12.0 Å². The van der Waals surface area contributed by atoms with Gasteiger partial charge < -0.3 is 14.5 Å². The quantitative estimate of drug-likeness (QED) is 0.843. The third-order valence-corrected chi connectivity index (χ3v) is 7.24. The van der Waals surface area contributed by atoms with E-state index in [1.54, 1.807) is 14.2 Å². The first-order valence-corrected chi connectivity index (χ1v) is 10.1. The van der Waals surface area contributed by atoms with Crippen molar-refractivity contribution < 1.29 is 14.3 Å². The number of esters is 1. The number of benzene rings is 1. The largest absolute Gasteiger partial charge is 0.468 e. The molecule has 1 aromatic carbocycles. The van der Waals surface area contributed by atoms with Crippen LogP contribution in [0.4, 0.5) is 0 Å². The molecule has 144 valence electrons. The third kappa shape index (κ3) is 2.34. The average Bonchev–Trinajstić information content (AvgIpc) is 3.04. The Labute approximate surface area is 160 Å². The van der Waals surface area contributed by atoms with E-state index in [4.69, 9.17) is 9.47 Å². The van der Waals surface area contributed by atoms with E-state index >= 15 is 0 Å². The highest BCUT2D eigenvalue weighted by Crippen LogP contribution is 2.55. The lowest BCUT2D eigenvalue weighted by Gasteiger charge is -2.58. The summed E-state index contributed by atoms with van der Waals surface area (Å²) in [4.78, 5) is 19.7. The molecule has 0 spiro atoms. The van der Waals surface area contributed by atoms with E-state index in [0.717, 1.165) is 50.2 Å². The summed E-state index contributed by atoms with van der Waals surface area (Å²) in [5.41, 5.74) is 2.99. The molecule has 1 N–H and O–H groups in total. The lowest BCUT2D eigenvalue weighted by atomic mass is 9.56. The van der Waals surface area contributed by atoms with E-state index in [0.29, 0.717) is 11.8 Å². The smallest absolute Gasteiger partial charge is 0.319 e. The number of aromatic amines is 1. The molecule has 4 aliphatic rings. The Kier molecular flexibility index (Phi) is 4.06. The second kappa shape index (κ2) is 6.35. The van der Waals surface area contributed by atoms with Gasteiger partial charge in [0.2, 0.25) is 0 Å². The minimum atomic E-state index is -0.584. The lowest BCUT2D eigenvalue weighted by Crippen LogP contribution is -2.67. The Bertz CT molecular complexity index is 876. The Morgan fingerprint density at radius 3 is 3.00 bits per heavy atom. The fourth-order valence-electron chi connectivity index (χ4n) is 6.42. The number of nitrogens with one attached hydrogen (secondary N) is 1. The maximum Gasteiger partial charge on any atom is 0.319 e. The summed E-state index contributed by atoms with van der Waals surface area (Å²) < 4.78 is 10.9. The second-order valence-corrected chi connectivity index (χ2v) is 8.52. The Balaban J connectivity index is 1.72. The van der Waals surface area contributed by atoms with Gasteiger partial charge in [0, 0.05) is 49.4 Å². The first-order chi connectivity index (χ1) is 13.2. The van der Waals surface area contributed by atoms with E-state index < -0.39 is 5.41 Å². The molecule has 0 amide bonds. The number of aromatic nitrogens is 1. The zero-order valence-electron chi connectivity index (χ0n) is 16.2. The zero-order valence-corrected chi connectivity index (χ0v) is 16.2. The number of piperidine rings is 2. The molecule has 2 saturated heterocycles. The molecule has 5 heteroatoms. The summed E-state index contributed by atoms with van der Waals surface area (Å²) in [6.07, 6.45) is 4.07. The molecule has 3 fully saturated rings. The van der Waals surface area contributed by atoms with Crippen molar-refractivity contribution in [3.8, 4) is 0 Å². The minimum absolute atomic E-state index is 0.0703. The van der Waals surface area contributed by atoms with Crippen molar-refractivity contribution in [1.82, 2.24) is 9.88 Å². The summed E-state index contributed by atoms with van der Waals surface area (Å²) in [6, 6.07) is 8.65. The van der Waals surface area contributed by atoms with Gasteiger partial charge in [-0.15, -0.1) is 0 Å². The van der Waals surface area contributed by atoms with Gasteiger partial charge in [0.15, 0.2) is 0 Å². The first-order valence-electron chi connectivity index (χ1n) is 10.1. The van der Waals surface area contributed by atoms with Gasteiger partial charge in [-0.1, -0.05) is 18.2 Å². The molecule has 6 rings (SSSR count). The van der Waals surface area contributed by atoms with Crippen LogP contribution in [0, 0.1) is 11.8 Å². The van der Waals surface area contributed by atoms with Gasteiger partial charge in [-0.05, 0) is 49.1 Å². The lowest BCUT2D eigenvalue weighted by molar-refractivity contribution is -0.162. The highest BCUT2D eigenvalue weighted by molar-refractivity contribution is 5.91. The highest BCUT2D eigenvalue weighted by Gasteiger charge is 2.62. The number of ether oxygens (including phenoxy) is 2. The predicted octanol–water partition coefficient (Wildman–Crippen LogP) is 2.88. The number of methoxy groups -OCH3 is 2. The van der Waals surface area contributed by atoms with E-state index in [1.807, 2.05) is 0 Å². The fraction of sp³-hybridized carbons (Fsp3) is 0.591. The molecule has 0 radical (unpaired) electrons. The van der Waals surface area contributed by atoms with E-state index in [1.165, 1.54) is 17.4 Å². The summed E-state index contributed by atoms with van der Waals surface area (Å²) in [5.74, 6) is 0.932. The van der Waals surface area contributed by atoms with Crippen molar-refractivity contribution in [1.29, 1.82) is 0 Å². The molecule has 5 atom stereocenters. The van der Waals surface area contributed by atoms with Crippen molar-refractivity contribution >= 4 is 16.9 Å². The average molecular weight is 368 g/mol. The number of H-pyrrole nitrogens is 1. The Hall–Kier alpha value is -1.85. The van der Waals surface area contributed by atoms with Crippen LogP contribution < -0.4 is 0 Å². The van der Waals surface area contributed by atoms with Crippen molar-refractivity contribution in [2.24, 2.45) is 11.8 Å². The van der Waals surface area contributed by atoms with Crippen LogP contribution in [-0.2, 0) is 26.1 Å². The molecule has 3 aliphatic heterocycles. The number of para-hydroxylation sites is 1. The number of carbonyl (C=O) groups excluding carboxylic acids is 1. The number of fused-ring (bicyclic) bond motifs is 4. The molecule has 1 aromatic heterocycles. The van der Waals surface area contributed by atoms with Crippen LogP contribution in [0.5, 0.6) is 0 Å². The number of hydrogen-bond donors (Lipinski definition) is 1. The second-order valence-electron chi connectivity index (χ2n) is 8.52. The maximum absolute atomic E-state index is 13.4. The van der Waals surface area contributed by atoms with Crippen LogP contribution in [0.1, 0.15) is 30.5 Å². The maximum atomic E-state index is 13.4. The zero-order chi connectivity index (χ0) is 18.6. The normalized spacial score (nSPS) is 34.3. The van der Waals surface area contributed by atoms with Gasteiger partial charge in [-0.25, -0.2) is 0 Å². The number of nitrogens with zero attached hydrogens (tertiary/aromatic N) is 1. The van der Waals surface area contributed by atoms with Crippen LogP contribution in [0.25, 0.3) is 10.9 Å². The molecule has 4 heterocycles. The fourth-order valence-corrected chi connectivity index (χ4v) is 6.42. The van der Waals surface area contributed by atoms with E-state index in [9.17, 15) is 4.79 Å². The molecule has 1 aliphatic carbocycles. The van der Waals surface area contributed by atoms with Gasteiger partial charge in [0.05, 0.1) is 7.11 Å². The Morgan fingerprint density at radius 1 is 1.33 bits per heavy atom. The van der Waals surface area contributed by atoms with Gasteiger partial charge in [0.25, 0.3) is 0 Å². The SMILES string of the molecule is COCC[C@@H]1C[C@@H]2CN3CCc4c([nH]c5ccccc45)[C@@](C(=O)OC)(C2)[C@@H]13. The monoisotopic (exact) mass is 368 g/mol. The molecule has 2 aromatic rings. The van der Waals surface area contributed by atoms with Crippen molar-refractivity contribution in [3.05, 3.63) is 35.5 Å². The molecule has 1 unspecified atom stereocenters. The Morgan fingerprint density at radius 2 is 2.19 bits per heavy atom. The molecular formula is C22H28N2O3. The van der Waals surface area contributed by atoms with Crippen LogP contribution in [0.3, 0.4) is 0 Å². The summed E-state index contributed by atoms with van der Waals surface area (Å²) in [6.45, 7) is 2.87. The first kappa shape index (κ1) is 17.3. The summed E-state index contributed by atoms with van der Waals surface area (Å²) >= 11 is 0. The van der Waals surface area contributed by atoms with Gasteiger partial charge in [-0.2, -0.15) is 0 Å². The molecule has 4 bridgehead atoms. The van der Waals surface area contributed by atoms with Crippen molar-refractivity contribution in [3.63, 3.8) is 0 Å². The standard InChI is InChI=1S/C22H28N2O3/c1-26-10-8-15-11-14-12-22(21(25)27-2)19-17(7-9-24(13-14)20(15)22)16-5-3-4-6-18(16)23-19/h3-6,14-15,20,23H,7-13H2,1-2H3/t14-,15+,20+,22-/m0/s1. The minimum Gasteiger partial charge on any atom is -0.468 e. The van der Waals surface area contributed by atoms with Gasteiger partial charge in [-0.3, -0.25) is 9.69 Å². The van der Waals surface area contributed by atoms with Crippen molar-refractivity contribution in [2.75, 3.05) is 33.9 Å². The van der Waals surface area contributed by atoms with Crippen LogP contribution in [-0.4, -0.2) is 55.8 Å². The number of hydrogen-bond acceptors (Lipinski definition) is 4. The molecular weight excluding hydrogens is 340 g/mol. The van der Waals surface area contributed by atoms with Crippen LogP contribution in [0.15, 0.2) is 24.3 Å². The molecule has 1 saturated carbocycles. The summed E-state index contributed by atoms with van der Waals surface area (Å²) in [5, 5.41) is 1.26. The topological polar surface area (TPSA) is 54.6 Å². The third-order valence-electron chi connectivity index (χ3n) is 7.24. The highest BCUT2D eigenvalue weighted by atomic mass is 16.5. The molecule has 27 heavy (non-hydrogen) atoms.